The van der Waals surface area contributed by atoms with Gasteiger partial charge < -0.3 is 5.32 Å². The zero-order valence-corrected chi connectivity index (χ0v) is 11.1. The van der Waals surface area contributed by atoms with Gasteiger partial charge >= 0.3 is 0 Å². The molecule has 1 fully saturated rings. The Kier molecular flexibility index (Phi) is 3.61. The van der Waals surface area contributed by atoms with E-state index in [-0.39, 0.29) is 21.4 Å². The second-order valence-corrected chi connectivity index (χ2v) is 6.37. The third-order valence-electron chi connectivity index (χ3n) is 2.71. The van der Waals surface area contributed by atoms with Crippen LogP contribution in [0.2, 0.25) is 5.02 Å². The standard InChI is InChI=1S/C11H13ClN2O3S/c12-9-3-8(4-10(5-9)18(13,16)17)11(15)14-6-7-1-2-7/h3-5,7H,1-2,6H2,(H,14,15)(H2,13,16,17). The Morgan fingerprint density at radius 1 is 1.39 bits per heavy atom. The van der Waals surface area contributed by atoms with Gasteiger partial charge in [-0.25, -0.2) is 13.6 Å². The maximum atomic E-state index is 11.8. The van der Waals surface area contributed by atoms with Crippen LogP contribution in [0.3, 0.4) is 0 Å². The average molecular weight is 289 g/mol. The van der Waals surface area contributed by atoms with Crippen LogP contribution < -0.4 is 10.5 Å². The maximum Gasteiger partial charge on any atom is 0.251 e. The Morgan fingerprint density at radius 2 is 2.06 bits per heavy atom. The van der Waals surface area contributed by atoms with Crippen LogP contribution in [-0.4, -0.2) is 20.9 Å². The number of amides is 1. The number of rotatable bonds is 4. The van der Waals surface area contributed by atoms with Gasteiger partial charge in [0, 0.05) is 17.1 Å². The van der Waals surface area contributed by atoms with Gasteiger partial charge in [0.2, 0.25) is 10.0 Å². The van der Waals surface area contributed by atoms with Crippen molar-refractivity contribution < 1.29 is 13.2 Å². The van der Waals surface area contributed by atoms with Crippen molar-refractivity contribution in [3.63, 3.8) is 0 Å². The van der Waals surface area contributed by atoms with Crippen molar-refractivity contribution >= 4 is 27.5 Å². The van der Waals surface area contributed by atoms with E-state index >= 15 is 0 Å². The molecule has 3 N–H and O–H groups in total. The van der Waals surface area contributed by atoms with E-state index in [0.717, 1.165) is 12.8 Å². The Labute approximate surface area is 110 Å². The Balaban J connectivity index is 2.21. The van der Waals surface area contributed by atoms with Gasteiger partial charge in [0.05, 0.1) is 4.90 Å². The minimum absolute atomic E-state index is 0.161. The van der Waals surface area contributed by atoms with Crippen LogP contribution in [-0.2, 0) is 10.0 Å². The molecule has 1 aliphatic rings. The second-order valence-electron chi connectivity index (χ2n) is 4.37. The van der Waals surface area contributed by atoms with Crippen LogP contribution in [0, 0.1) is 5.92 Å². The first kappa shape index (κ1) is 13.3. The van der Waals surface area contributed by atoms with Crippen LogP contribution in [0.4, 0.5) is 0 Å². The molecule has 1 amide bonds. The fourth-order valence-electron chi connectivity index (χ4n) is 1.52. The molecule has 0 atom stereocenters. The van der Waals surface area contributed by atoms with E-state index in [1.54, 1.807) is 0 Å². The van der Waals surface area contributed by atoms with E-state index in [1.165, 1.54) is 18.2 Å². The molecular weight excluding hydrogens is 276 g/mol. The summed E-state index contributed by atoms with van der Waals surface area (Å²) in [5, 5.41) is 7.91. The first-order chi connectivity index (χ1) is 8.36. The summed E-state index contributed by atoms with van der Waals surface area (Å²) < 4.78 is 22.4. The van der Waals surface area contributed by atoms with E-state index in [4.69, 9.17) is 16.7 Å². The summed E-state index contributed by atoms with van der Waals surface area (Å²) in [4.78, 5) is 11.6. The molecule has 1 aromatic rings. The summed E-state index contributed by atoms with van der Waals surface area (Å²) in [7, 11) is -3.86. The van der Waals surface area contributed by atoms with E-state index in [9.17, 15) is 13.2 Å². The van der Waals surface area contributed by atoms with Crippen molar-refractivity contribution in [1.29, 1.82) is 0 Å². The lowest BCUT2D eigenvalue weighted by atomic mass is 10.2. The van der Waals surface area contributed by atoms with Gasteiger partial charge in [-0.1, -0.05) is 11.6 Å². The van der Waals surface area contributed by atoms with Crippen LogP contribution in [0.5, 0.6) is 0 Å². The molecule has 0 heterocycles. The number of primary sulfonamides is 1. The Morgan fingerprint density at radius 3 is 2.61 bits per heavy atom. The van der Waals surface area contributed by atoms with Gasteiger partial charge in [0.1, 0.15) is 0 Å². The summed E-state index contributed by atoms with van der Waals surface area (Å²) in [6.45, 7) is 0.607. The van der Waals surface area contributed by atoms with Gasteiger partial charge in [-0.15, -0.1) is 0 Å². The summed E-state index contributed by atoms with van der Waals surface area (Å²) in [6, 6.07) is 3.86. The molecule has 1 aromatic carbocycles. The first-order valence-electron chi connectivity index (χ1n) is 5.48. The summed E-state index contributed by atoms with van der Waals surface area (Å²) in [5.74, 6) is 0.208. The highest BCUT2D eigenvalue weighted by Gasteiger charge is 2.22. The van der Waals surface area contributed by atoms with Crippen molar-refractivity contribution in [1.82, 2.24) is 5.32 Å². The van der Waals surface area contributed by atoms with Crippen LogP contribution in [0.1, 0.15) is 23.2 Å². The molecule has 98 valence electrons. The summed E-state index contributed by atoms with van der Waals surface area (Å²) in [6.07, 6.45) is 2.25. The quantitative estimate of drug-likeness (QED) is 0.870. The fraction of sp³-hybridized carbons (Fsp3) is 0.364. The van der Waals surface area contributed by atoms with Crippen molar-refractivity contribution in [3.8, 4) is 0 Å². The second kappa shape index (κ2) is 4.87. The molecule has 2 rings (SSSR count). The molecular formula is C11H13ClN2O3S. The number of halogens is 1. The minimum atomic E-state index is -3.86. The molecule has 18 heavy (non-hydrogen) atoms. The zero-order valence-electron chi connectivity index (χ0n) is 9.52. The molecule has 0 bridgehead atoms. The molecule has 1 aliphatic carbocycles. The van der Waals surface area contributed by atoms with Crippen molar-refractivity contribution in [2.75, 3.05) is 6.54 Å². The summed E-state index contributed by atoms with van der Waals surface area (Å²) in [5.41, 5.74) is 0.201. The van der Waals surface area contributed by atoms with Crippen LogP contribution in [0.15, 0.2) is 23.1 Å². The predicted molar refractivity (Wildman–Crippen MR) is 67.9 cm³/mol. The van der Waals surface area contributed by atoms with Gasteiger partial charge in [0.15, 0.2) is 0 Å². The van der Waals surface area contributed by atoms with Crippen molar-refractivity contribution in [3.05, 3.63) is 28.8 Å². The van der Waals surface area contributed by atoms with Gasteiger partial charge in [0.25, 0.3) is 5.91 Å². The lowest BCUT2D eigenvalue weighted by molar-refractivity contribution is 0.0951. The Hall–Kier alpha value is -1.11. The van der Waals surface area contributed by atoms with Crippen LogP contribution in [0.25, 0.3) is 0 Å². The Bertz CT molecular complexity index is 582. The number of nitrogens with one attached hydrogen (secondary N) is 1. The first-order valence-corrected chi connectivity index (χ1v) is 7.40. The highest BCUT2D eigenvalue weighted by molar-refractivity contribution is 7.89. The average Bonchev–Trinajstić information content (AvgIpc) is 3.07. The fourth-order valence-corrected chi connectivity index (χ4v) is 2.40. The lowest BCUT2D eigenvalue weighted by Gasteiger charge is -2.06. The smallest absolute Gasteiger partial charge is 0.251 e. The maximum absolute atomic E-state index is 11.8. The number of carbonyl (C=O) groups is 1. The highest BCUT2D eigenvalue weighted by atomic mass is 35.5. The van der Waals surface area contributed by atoms with Gasteiger partial charge in [-0.05, 0) is 37.0 Å². The van der Waals surface area contributed by atoms with Crippen LogP contribution >= 0.6 is 11.6 Å². The molecule has 1 saturated carbocycles. The summed E-state index contributed by atoms with van der Waals surface area (Å²) >= 11 is 5.78. The lowest BCUT2D eigenvalue weighted by Crippen LogP contribution is -2.26. The van der Waals surface area contributed by atoms with E-state index < -0.39 is 10.0 Å². The SMILES string of the molecule is NS(=O)(=O)c1cc(Cl)cc(C(=O)NCC2CC2)c1. The minimum Gasteiger partial charge on any atom is -0.352 e. The molecule has 7 heteroatoms. The third kappa shape index (κ3) is 3.44. The molecule has 0 aromatic heterocycles. The predicted octanol–water partition coefficient (Wildman–Crippen LogP) is 1.13. The molecule has 0 aliphatic heterocycles. The van der Waals surface area contributed by atoms with E-state index in [2.05, 4.69) is 5.32 Å². The largest absolute Gasteiger partial charge is 0.352 e. The molecule has 0 unspecified atom stereocenters. The highest BCUT2D eigenvalue weighted by Crippen LogP contribution is 2.27. The monoisotopic (exact) mass is 288 g/mol. The molecule has 5 nitrogen and oxygen atoms in total. The van der Waals surface area contributed by atoms with Crippen molar-refractivity contribution in [2.45, 2.75) is 17.7 Å². The topological polar surface area (TPSA) is 89.3 Å². The normalized spacial score (nSPS) is 15.4. The zero-order chi connectivity index (χ0) is 13.3. The number of benzene rings is 1. The number of nitrogens with two attached hydrogens (primary N) is 1. The number of hydrogen-bond donors (Lipinski definition) is 2. The molecule has 0 spiro atoms. The van der Waals surface area contributed by atoms with E-state index in [1.807, 2.05) is 0 Å². The number of carbonyl (C=O) groups excluding carboxylic acids is 1. The van der Waals surface area contributed by atoms with Gasteiger partial charge in [-0.3, -0.25) is 4.79 Å². The number of hydrogen-bond acceptors (Lipinski definition) is 3. The van der Waals surface area contributed by atoms with E-state index in [0.29, 0.717) is 12.5 Å². The number of sulfonamides is 1. The van der Waals surface area contributed by atoms with Crippen molar-refractivity contribution in [2.24, 2.45) is 11.1 Å². The van der Waals surface area contributed by atoms with Gasteiger partial charge in [-0.2, -0.15) is 0 Å². The third-order valence-corrected chi connectivity index (χ3v) is 3.82. The molecule has 0 saturated heterocycles. The molecule has 0 radical (unpaired) electrons.